The normalized spacial score (nSPS) is 16.6. The van der Waals surface area contributed by atoms with E-state index >= 15 is 0 Å². The summed E-state index contributed by atoms with van der Waals surface area (Å²) in [6.07, 6.45) is 7.63. The fourth-order valence-electron chi connectivity index (χ4n) is 3.57. The van der Waals surface area contributed by atoms with E-state index in [1.807, 2.05) is 23.7 Å². The van der Waals surface area contributed by atoms with E-state index in [0.29, 0.717) is 18.5 Å². The molecule has 25 heavy (non-hydrogen) atoms. The van der Waals surface area contributed by atoms with Crippen LogP contribution in [0.1, 0.15) is 55.5 Å². The van der Waals surface area contributed by atoms with Crippen LogP contribution in [0.3, 0.4) is 0 Å². The van der Waals surface area contributed by atoms with Crippen molar-refractivity contribution in [1.82, 2.24) is 15.1 Å². The summed E-state index contributed by atoms with van der Waals surface area (Å²) < 4.78 is 1.98. The Morgan fingerprint density at radius 1 is 1.20 bits per heavy atom. The van der Waals surface area contributed by atoms with Crippen molar-refractivity contribution in [3.63, 3.8) is 0 Å². The maximum Gasteiger partial charge on any atom is 0.189 e. The molecular weight excluding hydrogens is 310 g/mol. The predicted molar refractivity (Wildman–Crippen MR) is 103 cm³/mol. The summed E-state index contributed by atoms with van der Waals surface area (Å²) in [7, 11) is 0. The predicted octanol–water partition coefficient (Wildman–Crippen LogP) is 3.62. The van der Waals surface area contributed by atoms with Crippen LogP contribution in [0.4, 0.5) is 0 Å². The lowest BCUT2D eigenvalue weighted by atomic mass is 10.1. The number of benzene rings is 1. The zero-order valence-corrected chi connectivity index (χ0v) is 15.3. The van der Waals surface area contributed by atoms with E-state index in [9.17, 15) is 0 Å². The van der Waals surface area contributed by atoms with Crippen LogP contribution in [0.15, 0.2) is 35.3 Å². The van der Waals surface area contributed by atoms with Crippen molar-refractivity contribution in [2.45, 2.75) is 65.0 Å². The first-order chi connectivity index (χ1) is 12.1. The van der Waals surface area contributed by atoms with Crippen molar-refractivity contribution in [2.24, 2.45) is 10.7 Å². The van der Waals surface area contributed by atoms with Crippen LogP contribution >= 0.6 is 0 Å². The monoisotopic (exact) mass is 339 g/mol. The number of nitrogens with zero attached hydrogens (tertiary/aromatic N) is 3. The smallest absolute Gasteiger partial charge is 0.189 e. The number of guanidine groups is 1. The molecule has 0 amide bonds. The standard InChI is InChI=1S/C20H29N5/c1-15-13-16(2)25(24-15)19-12-8-7-9-17(19)14-22-20(21)23-18-10-5-3-4-6-11-18/h7-9,12-13,18H,3-6,10-11,14H2,1-2H3,(H3,21,22,23). The summed E-state index contributed by atoms with van der Waals surface area (Å²) in [6.45, 7) is 4.64. The first-order valence-electron chi connectivity index (χ1n) is 9.31. The van der Waals surface area contributed by atoms with Crippen LogP contribution in [0, 0.1) is 13.8 Å². The minimum Gasteiger partial charge on any atom is -0.370 e. The molecule has 0 radical (unpaired) electrons. The van der Waals surface area contributed by atoms with Gasteiger partial charge in [0.25, 0.3) is 0 Å². The van der Waals surface area contributed by atoms with Gasteiger partial charge in [0.15, 0.2) is 5.96 Å². The fraction of sp³-hybridized carbons (Fsp3) is 0.500. The van der Waals surface area contributed by atoms with Gasteiger partial charge in [-0.1, -0.05) is 43.9 Å². The molecule has 1 fully saturated rings. The van der Waals surface area contributed by atoms with E-state index in [1.165, 1.54) is 38.5 Å². The Labute approximate surface area is 150 Å². The molecule has 2 aromatic rings. The van der Waals surface area contributed by atoms with Gasteiger partial charge in [-0.2, -0.15) is 5.10 Å². The van der Waals surface area contributed by atoms with Crippen LogP contribution in [0.25, 0.3) is 5.69 Å². The second kappa shape index (κ2) is 8.19. The fourth-order valence-corrected chi connectivity index (χ4v) is 3.57. The number of nitrogens with one attached hydrogen (secondary N) is 1. The van der Waals surface area contributed by atoms with Crippen molar-refractivity contribution >= 4 is 5.96 Å². The number of hydrogen-bond donors (Lipinski definition) is 2. The van der Waals surface area contributed by atoms with E-state index < -0.39 is 0 Å². The van der Waals surface area contributed by atoms with E-state index in [4.69, 9.17) is 5.73 Å². The van der Waals surface area contributed by atoms with Crippen LogP contribution in [0.2, 0.25) is 0 Å². The zero-order valence-electron chi connectivity index (χ0n) is 15.3. The van der Waals surface area contributed by atoms with Crippen LogP contribution in [-0.2, 0) is 6.54 Å². The third kappa shape index (κ3) is 4.62. The molecule has 134 valence electrons. The molecule has 5 heteroatoms. The van der Waals surface area contributed by atoms with Crippen LogP contribution in [0.5, 0.6) is 0 Å². The summed E-state index contributed by atoms with van der Waals surface area (Å²) in [5, 5.41) is 8.00. The minimum atomic E-state index is 0.470. The Hall–Kier alpha value is -2.30. The van der Waals surface area contributed by atoms with E-state index in [2.05, 4.69) is 40.5 Å². The molecule has 3 rings (SSSR count). The first kappa shape index (κ1) is 17.5. The second-order valence-corrected chi connectivity index (χ2v) is 7.00. The van der Waals surface area contributed by atoms with Crippen molar-refractivity contribution in [3.05, 3.63) is 47.3 Å². The van der Waals surface area contributed by atoms with Gasteiger partial charge in [-0.25, -0.2) is 9.67 Å². The number of aliphatic imine (C=N–C) groups is 1. The molecule has 1 saturated carbocycles. The van der Waals surface area contributed by atoms with Gasteiger partial charge in [0.2, 0.25) is 0 Å². The summed E-state index contributed by atoms with van der Waals surface area (Å²) in [5.74, 6) is 0.551. The number of rotatable bonds is 4. The van der Waals surface area contributed by atoms with Crippen LogP contribution in [-0.4, -0.2) is 21.8 Å². The first-order valence-corrected chi connectivity index (χ1v) is 9.31. The minimum absolute atomic E-state index is 0.470. The van der Waals surface area contributed by atoms with Crippen molar-refractivity contribution in [3.8, 4) is 5.69 Å². The molecule has 0 spiro atoms. The summed E-state index contributed by atoms with van der Waals surface area (Å²) in [5.41, 5.74) is 10.5. The van der Waals surface area contributed by atoms with Gasteiger partial charge in [-0.3, -0.25) is 0 Å². The van der Waals surface area contributed by atoms with Crippen molar-refractivity contribution in [1.29, 1.82) is 0 Å². The SMILES string of the molecule is Cc1cc(C)n(-c2ccccc2CN=C(N)NC2CCCCCC2)n1. The highest BCUT2D eigenvalue weighted by molar-refractivity contribution is 5.78. The average Bonchev–Trinajstić information content (AvgIpc) is 2.78. The molecule has 1 heterocycles. The lowest BCUT2D eigenvalue weighted by Gasteiger charge is -2.17. The van der Waals surface area contributed by atoms with E-state index in [1.54, 1.807) is 0 Å². The Balaban J connectivity index is 1.71. The molecule has 1 aliphatic carbocycles. The summed E-state index contributed by atoms with van der Waals surface area (Å²) >= 11 is 0. The topological polar surface area (TPSA) is 68.2 Å². The molecular formula is C20H29N5. The molecule has 5 nitrogen and oxygen atoms in total. The largest absolute Gasteiger partial charge is 0.370 e. The van der Waals surface area contributed by atoms with Gasteiger partial charge in [-0.05, 0) is 44.4 Å². The van der Waals surface area contributed by atoms with Crippen LogP contribution < -0.4 is 11.1 Å². The lowest BCUT2D eigenvalue weighted by Crippen LogP contribution is -2.39. The molecule has 1 aromatic carbocycles. The highest BCUT2D eigenvalue weighted by Gasteiger charge is 2.13. The Bertz CT molecular complexity index is 723. The summed E-state index contributed by atoms with van der Waals surface area (Å²) in [4.78, 5) is 4.58. The molecule has 0 unspecified atom stereocenters. The Kier molecular flexibility index (Phi) is 5.74. The highest BCUT2D eigenvalue weighted by atomic mass is 15.3. The second-order valence-electron chi connectivity index (χ2n) is 7.00. The third-order valence-corrected chi connectivity index (χ3v) is 4.86. The number of hydrogen-bond acceptors (Lipinski definition) is 2. The van der Waals surface area contributed by atoms with E-state index in [0.717, 1.165) is 22.6 Å². The van der Waals surface area contributed by atoms with Gasteiger partial charge in [-0.15, -0.1) is 0 Å². The molecule has 0 aliphatic heterocycles. The molecule has 1 aliphatic rings. The average molecular weight is 339 g/mol. The maximum absolute atomic E-state index is 6.14. The molecule has 1 aromatic heterocycles. The number of para-hydroxylation sites is 1. The number of aromatic nitrogens is 2. The third-order valence-electron chi connectivity index (χ3n) is 4.86. The molecule has 3 N–H and O–H groups in total. The maximum atomic E-state index is 6.14. The molecule has 0 bridgehead atoms. The van der Waals surface area contributed by atoms with Gasteiger partial charge >= 0.3 is 0 Å². The quantitative estimate of drug-likeness (QED) is 0.508. The van der Waals surface area contributed by atoms with Gasteiger partial charge in [0, 0.05) is 11.7 Å². The molecule has 0 atom stereocenters. The number of aryl methyl sites for hydroxylation is 2. The van der Waals surface area contributed by atoms with Crippen molar-refractivity contribution < 1.29 is 0 Å². The Morgan fingerprint density at radius 3 is 2.60 bits per heavy atom. The van der Waals surface area contributed by atoms with Gasteiger partial charge < -0.3 is 11.1 Å². The highest BCUT2D eigenvalue weighted by Crippen LogP contribution is 2.19. The summed E-state index contributed by atoms with van der Waals surface area (Å²) in [6, 6.07) is 10.8. The molecule has 0 saturated heterocycles. The Morgan fingerprint density at radius 2 is 1.92 bits per heavy atom. The van der Waals surface area contributed by atoms with Crippen molar-refractivity contribution in [2.75, 3.05) is 0 Å². The number of nitrogens with two attached hydrogens (primary N) is 1. The van der Waals surface area contributed by atoms with Gasteiger partial charge in [0.05, 0.1) is 17.9 Å². The van der Waals surface area contributed by atoms with Gasteiger partial charge in [0.1, 0.15) is 0 Å². The lowest BCUT2D eigenvalue weighted by molar-refractivity contribution is 0.530. The zero-order chi connectivity index (χ0) is 17.6. The van der Waals surface area contributed by atoms with E-state index in [-0.39, 0.29) is 0 Å².